The number of nitrogens with zero attached hydrogens (tertiary/aromatic N) is 2. The molecule has 2 rings (SSSR count). The molecule has 0 aliphatic heterocycles. The van der Waals surface area contributed by atoms with E-state index in [1.165, 1.54) is 0 Å². The molecule has 20 heavy (non-hydrogen) atoms. The third-order valence-electron chi connectivity index (χ3n) is 3.45. The predicted octanol–water partition coefficient (Wildman–Crippen LogP) is 3.00. The summed E-state index contributed by atoms with van der Waals surface area (Å²) in [5.41, 5.74) is 3.77. The monoisotopic (exact) mass is 274 g/mol. The van der Waals surface area contributed by atoms with Crippen LogP contribution in [0.4, 0.5) is 0 Å². The van der Waals surface area contributed by atoms with E-state index in [1.807, 2.05) is 30.7 Å². The number of hydrogen-bond acceptors (Lipinski definition) is 3. The van der Waals surface area contributed by atoms with E-state index in [2.05, 4.69) is 18.1 Å². The molecule has 1 N–H and O–H groups in total. The van der Waals surface area contributed by atoms with Crippen molar-refractivity contribution in [3.8, 4) is 5.75 Å². The quantitative estimate of drug-likeness (QED) is 0.911. The number of aliphatic hydroxyl groups excluding tert-OH is 1. The molecule has 4 heteroatoms. The molecule has 108 valence electrons. The van der Waals surface area contributed by atoms with Crippen LogP contribution in [0.15, 0.2) is 24.4 Å². The van der Waals surface area contributed by atoms with Crippen molar-refractivity contribution in [2.45, 2.75) is 39.8 Å². The largest absolute Gasteiger partial charge is 0.496 e. The number of aliphatic hydroxyl groups is 1. The fraction of sp³-hybridized carbons (Fsp3) is 0.438. The molecule has 0 fully saturated rings. The highest BCUT2D eigenvalue weighted by atomic mass is 16.5. The van der Waals surface area contributed by atoms with Crippen LogP contribution < -0.4 is 4.74 Å². The number of benzene rings is 1. The lowest BCUT2D eigenvalue weighted by Gasteiger charge is -2.19. The van der Waals surface area contributed by atoms with Crippen LogP contribution in [0.3, 0.4) is 0 Å². The van der Waals surface area contributed by atoms with Crippen LogP contribution in [0.25, 0.3) is 0 Å². The maximum atomic E-state index is 10.7. The molecular formula is C16H22N2O2. The first-order valence-electron chi connectivity index (χ1n) is 6.93. The van der Waals surface area contributed by atoms with Gasteiger partial charge in [-0.2, -0.15) is 5.10 Å². The van der Waals surface area contributed by atoms with Crippen molar-refractivity contribution < 1.29 is 9.84 Å². The second-order valence-corrected chi connectivity index (χ2v) is 5.08. The van der Waals surface area contributed by atoms with E-state index in [1.54, 1.807) is 13.3 Å². The summed E-state index contributed by atoms with van der Waals surface area (Å²) in [6.45, 7) is 6.91. The summed E-state index contributed by atoms with van der Waals surface area (Å²) in [4.78, 5) is 0. The van der Waals surface area contributed by atoms with E-state index in [4.69, 9.17) is 4.74 Å². The van der Waals surface area contributed by atoms with Crippen molar-refractivity contribution in [3.63, 3.8) is 0 Å². The van der Waals surface area contributed by atoms with Crippen molar-refractivity contribution >= 4 is 0 Å². The minimum atomic E-state index is -0.723. The van der Waals surface area contributed by atoms with Gasteiger partial charge in [-0.3, -0.25) is 4.68 Å². The Hall–Kier alpha value is -1.81. The van der Waals surface area contributed by atoms with E-state index in [-0.39, 0.29) is 0 Å². The van der Waals surface area contributed by atoms with Gasteiger partial charge in [-0.05, 0) is 43.5 Å². The molecular weight excluding hydrogens is 252 g/mol. The normalized spacial score (nSPS) is 12.4. The highest BCUT2D eigenvalue weighted by Gasteiger charge is 2.21. The molecule has 0 bridgehead atoms. The van der Waals surface area contributed by atoms with Crippen LogP contribution in [0.5, 0.6) is 5.75 Å². The number of aromatic nitrogens is 2. The number of ether oxygens (including phenoxy) is 1. The summed E-state index contributed by atoms with van der Waals surface area (Å²) in [6.07, 6.45) is 1.98. The van der Waals surface area contributed by atoms with Crippen LogP contribution >= 0.6 is 0 Å². The van der Waals surface area contributed by atoms with Crippen molar-refractivity contribution in [2.75, 3.05) is 7.11 Å². The zero-order valence-corrected chi connectivity index (χ0v) is 12.6. The van der Waals surface area contributed by atoms with Crippen molar-refractivity contribution in [3.05, 3.63) is 46.8 Å². The third kappa shape index (κ3) is 2.70. The van der Waals surface area contributed by atoms with Crippen molar-refractivity contribution in [2.24, 2.45) is 0 Å². The van der Waals surface area contributed by atoms with E-state index in [9.17, 15) is 5.11 Å². The lowest BCUT2D eigenvalue weighted by atomic mass is 9.97. The molecule has 1 aromatic carbocycles. The topological polar surface area (TPSA) is 47.3 Å². The lowest BCUT2D eigenvalue weighted by Crippen LogP contribution is -2.12. The third-order valence-corrected chi connectivity index (χ3v) is 3.45. The van der Waals surface area contributed by atoms with Crippen molar-refractivity contribution in [1.82, 2.24) is 9.78 Å². The van der Waals surface area contributed by atoms with E-state index in [0.717, 1.165) is 41.1 Å². The second-order valence-electron chi connectivity index (χ2n) is 5.08. The average Bonchev–Trinajstić information content (AvgIpc) is 2.85. The Morgan fingerprint density at radius 3 is 2.75 bits per heavy atom. The molecule has 0 radical (unpaired) electrons. The minimum absolute atomic E-state index is 0.722. The molecule has 4 nitrogen and oxygen atoms in total. The first-order valence-corrected chi connectivity index (χ1v) is 6.93. The van der Waals surface area contributed by atoms with Crippen LogP contribution in [-0.4, -0.2) is 22.0 Å². The summed E-state index contributed by atoms with van der Waals surface area (Å²) >= 11 is 0. The maximum absolute atomic E-state index is 10.7. The van der Waals surface area contributed by atoms with Gasteiger partial charge in [-0.15, -0.1) is 0 Å². The van der Waals surface area contributed by atoms with Crippen LogP contribution in [-0.2, 0) is 6.54 Å². The van der Waals surface area contributed by atoms with E-state index < -0.39 is 6.10 Å². The van der Waals surface area contributed by atoms with Gasteiger partial charge in [0.15, 0.2) is 0 Å². The molecule has 0 amide bonds. The molecule has 0 saturated carbocycles. The Morgan fingerprint density at radius 2 is 2.10 bits per heavy atom. The number of aryl methyl sites for hydroxylation is 3. The summed E-state index contributed by atoms with van der Waals surface area (Å²) in [5, 5.41) is 15.0. The zero-order chi connectivity index (χ0) is 14.7. The SMILES string of the molecule is CCCn1nccc1C(O)c1c(C)cc(C)cc1OC. The first kappa shape index (κ1) is 14.6. The van der Waals surface area contributed by atoms with Gasteiger partial charge >= 0.3 is 0 Å². The van der Waals surface area contributed by atoms with E-state index in [0.29, 0.717) is 0 Å². The fourth-order valence-electron chi connectivity index (χ4n) is 2.58. The minimum Gasteiger partial charge on any atom is -0.496 e. The van der Waals surface area contributed by atoms with Gasteiger partial charge in [-0.1, -0.05) is 13.0 Å². The molecule has 0 aliphatic carbocycles. The van der Waals surface area contributed by atoms with Crippen LogP contribution in [0.2, 0.25) is 0 Å². The molecule has 1 aromatic heterocycles. The Balaban J connectivity index is 2.47. The van der Waals surface area contributed by atoms with Gasteiger partial charge in [0, 0.05) is 18.3 Å². The van der Waals surface area contributed by atoms with Crippen LogP contribution in [0.1, 0.15) is 41.8 Å². The lowest BCUT2D eigenvalue weighted by molar-refractivity contribution is 0.201. The molecule has 1 unspecified atom stereocenters. The standard InChI is InChI=1S/C16H22N2O2/c1-5-8-18-13(6-7-17-18)16(19)15-12(3)9-11(2)10-14(15)20-4/h6-7,9-10,16,19H,5,8H2,1-4H3. The van der Waals surface area contributed by atoms with E-state index >= 15 is 0 Å². The summed E-state index contributed by atoms with van der Waals surface area (Å²) < 4.78 is 7.29. The molecule has 2 aromatic rings. The maximum Gasteiger partial charge on any atom is 0.125 e. The Kier molecular flexibility index (Phi) is 4.45. The molecule has 0 aliphatic rings. The first-order chi connectivity index (χ1) is 9.58. The average molecular weight is 274 g/mol. The smallest absolute Gasteiger partial charge is 0.125 e. The second kappa shape index (κ2) is 6.09. The zero-order valence-electron chi connectivity index (χ0n) is 12.6. The van der Waals surface area contributed by atoms with Crippen LogP contribution in [0, 0.1) is 13.8 Å². The number of rotatable bonds is 5. The molecule has 0 spiro atoms. The van der Waals surface area contributed by atoms with Gasteiger partial charge < -0.3 is 9.84 Å². The van der Waals surface area contributed by atoms with Crippen molar-refractivity contribution in [1.29, 1.82) is 0 Å². The fourth-order valence-corrected chi connectivity index (χ4v) is 2.58. The summed E-state index contributed by atoms with van der Waals surface area (Å²) in [5.74, 6) is 0.722. The molecule has 1 atom stereocenters. The Labute approximate surface area is 120 Å². The van der Waals surface area contributed by atoms with Gasteiger partial charge in [0.25, 0.3) is 0 Å². The number of methoxy groups -OCH3 is 1. The van der Waals surface area contributed by atoms with Gasteiger partial charge in [0.05, 0.1) is 12.8 Å². The van der Waals surface area contributed by atoms with Gasteiger partial charge in [-0.25, -0.2) is 0 Å². The highest BCUT2D eigenvalue weighted by Crippen LogP contribution is 2.33. The Morgan fingerprint density at radius 1 is 1.35 bits per heavy atom. The predicted molar refractivity (Wildman–Crippen MR) is 79.0 cm³/mol. The van der Waals surface area contributed by atoms with Gasteiger partial charge in [0.1, 0.15) is 11.9 Å². The molecule has 0 saturated heterocycles. The number of hydrogen-bond donors (Lipinski definition) is 1. The Bertz CT molecular complexity index is 590. The summed E-state index contributed by atoms with van der Waals surface area (Å²) in [7, 11) is 1.63. The summed E-state index contributed by atoms with van der Waals surface area (Å²) in [6, 6.07) is 5.87. The highest BCUT2D eigenvalue weighted by molar-refractivity contribution is 5.46. The van der Waals surface area contributed by atoms with Gasteiger partial charge in [0.2, 0.25) is 0 Å². The molecule has 1 heterocycles.